The third-order valence-electron chi connectivity index (χ3n) is 4.67. The van der Waals surface area contributed by atoms with Gasteiger partial charge in [0.15, 0.2) is 0 Å². The van der Waals surface area contributed by atoms with E-state index in [1.54, 1.807) is 6.07 Å². The number of benzene rings is 2. The number of nitrogens with zero attached hydrogens (tertiary/aromatic N) is 5. The smallest absolute Gasteiger partial charge is 0.250 e. The molecule has 1 aliphatic rings. The number of piperidine rings is 1. The molecule has 9 nitrogen and oxygen atoms in total. The molecule has 1 saturated heterocycles. The first-order chi connectivity index (χ1) is 14.7. The second-order valence-corrected chi connectivity index (χ2v) is 6.93. The number of aromatic hydroxyl groups is 2. The van der Waals surface area contributed by atoms with E-state index in [-0.39, 0.29) is 11.5 Å². The van der Waals surface area contributed by atoms with E-state index in [2.05, 4.69) is 35.7 Å². The minimum atomic E-state index is -0.0726. The number of phenolic OH excluding ortho intramolecular Hbond substituents is 2. The van der Waals surface area contributed by atoms with Crippen molar-refractivity contribution in [2.24, 2.45) is 5.10 Å². The van der Waals surface area contributed by atoms with Gasteiger partial charge in [0.05, 0.1) is 6.21 Å². The second-order valence-electron chi connectivity index (χ2n) is 6.93. The highest BCUT2D eigenvalue weighted by Gasteiger charge is 2.16. The standard InChI is InChI=1S/C21H23N7O2/c29-17-10-9-15(18(30)13-17)14-22-27-20-24-19(23-16-7-3-1-4-8-16)25-21(26-20)28-11-5-2-6-12-28/h1,3-4,7-10,13-14,29-30H,2,5-6,11-12H2,(H2,23,24,25,26,27)/b22-14+. The van der Waals surface area contributed by atoms with E-state index in [1.807, 2.05) is 30.3 Å². The summed E-state index contributed by atoms with van der Waals surface area (Å²) in [6, 6.07) is 14.0. The average molecular weight is 405 g/mol. The Morgan fingerprint density at radius 2 is 1.67 bits per heavy atom. The van der Waals surface area contributed by atoms with E-state index in [1.165, 1.54) is 24.8 Å². The molecule has 0 bridgehead atoms. The highest BCUT2D eigenvalue weighted by Crippen LogP contribution is 2.22. The zero-order valence-corrected chi connectivity index (χ0v) is 16.4. The fourth-order valence-corrected chi connectivity index (χ4v) is 3.16. The summed E-state index contributed by atoms with van der Waals surface area (Å²) in [6.45, 7) is 1.80. The summed E-state index contributed by atoms with van der Waals surface area (Å²) in [6.07, 6.45) is 4.86. The highest BCUT2D eigenvalue weighted by molar-refractivity contribution is 5.84. The summed E-state index contributed by atoms with van der Waals surface area (Å²) in [4.78, 5) is 15.6. The molecule has 1 aromatic heterocycles. The third-order valence-corrected chi connectivity index (χ3v) is 4.67. The zero-order chi connectivity index (χ0) is 20.8. The molecule has 0 spiro atoms. The van der Waals surface area contributed by atoms with E-state index in [0.29, 0.717) is 23.4 Å². The van der Waals surface area contributed by atoms with Gasteiger partial charge in [0.1, 0.15) is 11.5 Å². The summed E-state index contributed by atoms with van der Waals surface area (Å²) in [5.74, 6) is 1.21. The summed E-state index contributed by atoms with van der Waals surface area (Å²) in [5, 5.41) is 26.6. The van der Waals surface area contributed by atoms with Gasteiger partial charge in [0.2, 0.25) is 17.8 Å². The Labute approximate surface area is 174 Å². The molecule has 30 heavy (non-hydrogen) atoms. The molecule has 3 aromatic rings. The molecular formula is C21H23N7O2. The lowest BCUT2D eigenvalue weighted by atomic mass is 10.1. The van der Waals surface area contributed by atoms with Crippen LogP contribution in [-0.2, 0) is 0 Å². The Bertz CT molecular complexity index is 1020. The summed E-state index contributed by atoms with van der Waals surface area (Å²) in [7, 11) is 0. The molecule has 9 heteroatoms. The Morgan fingerprint density at radius 3 is 2.43 bits per heavy atom. The largest absolute Gasteiger partial charge is 0.508 e. The second kappa shape index (κ2) is 9.08. The number of phenols is 2. The van der Waals surface area contributed by atoms with Crippen molar-refractivity contribution in [2.75, 3.05) is 28.7 Å². The minimum Gasteiger partial charge on any atom is -0.508 e. The number of aromatic nitrogens is 3. The van der Waals surface area contributed by atoms with Crippen molar-refractivity contribution < 1.29 is 10.2 Å². The third kappa shape index (κ3) is 4.93. The molecule has 0 radical (unpaired) electrons. The first-order valence-corrected chi connectivity index (χ1v) is 9.81. The molecule has 0 atom stereocenters. The molecule has 1 fully saturated rings. The van der Waals surface area contributed by atoms with Gasteiger partial charge in [-0.05, 0) is 43.5 Å². The molecule has 154 valence electrons. The van der Waals surface area contributed by atoms with Crippen LogP contribution < -0.4 is 15.6 Å². The fraction of sp³-hybridized carbons (Fsp3) is 0.238. The minimum absolute atomic E-state index is 0.0159. The molecular weight excluding hydrogens is 382 g/mol. The highest BCUT2D eigenvalue weighted by atomic mass is 16.3. The van der Waals surface area contributed by atoms with Gasteiger partial charge in [-0.25, -0.2) is 5.43 Å². The molecule has 0 saturated carbocycles. The quantitative estimate of drug-likeness (QED) is 0.364. The van der Waals surface area contributed by atoms with E-state index < -0.39 is 0 Å². The van der Waals surface area contributed by atoms with E-state index in [9.17, 15) is 10.2 Å². The average Bonchev–Trinajstić information content (AvgIpc) is 2.76. The molecule has 4 rings (SSSR count). The van der Waals surface area contributed by atoms with Gasteiger partial charge in [-0.3, -0.25) is 0 Å². The maximum atomic E-state index is 9.87. The Morgan fingerprint density at radius 1 is 0.900 bits per heavy atom. The van der Waals surface area contributed by atoms with Crippen molar-refractivity contribution in [3.63, 3.8) is 0 Å². The molecule has 0 amide bonds. The van der Waals surface area contributed by atoms with Gasteiger partial charge in [-0.1, -0.05) is 18.2 Å². The summed E-state index contributed by atoms with van der Waals surface area (Å²) in [5.41, 5.74) is 4.13. The Kier molecular flexibility index (Phi) is 5.88. The topological polar surface area (TPSA) is 119 Å². The van der Waals surface area contributed by atoms with E-state index in [0.717, 1.165) is 31.6 Å². The van der Waals surface area contributed by atoms with Crippen LogP contribution in [-0.4, -0.2) is 44.5 Å². The number of hydrazone groups is 1. The van der Waals surface area contributed by atoms with Crippen LogP contribution in [0.1, 0.15) is 24.8 Å². The van der Waals surface area contributed by atoms with Crippen molar-refractivity contribution in [1.82, 2.24) is 15.0 Å². The molecule has 2 heterocycles. The van der Waals surface area contributed by atoms with Crippen molar-refractivity contribution in [3.05, 3.63) is 54.1 Å². The number of hydrogen-bond donors (Lipinski definition) is 4. The predicted molar refractivity (Wildman–Crippen MR) is 117 cm³/mol. The lowest BCUT2D eigenvalue weighted by Gasteiger charge is -2.26. The lowest BCUT2D eigenvalue weighted by Crippen LogP contribution is -2.31. The van der Waals surface area contributed by atoms with Crippen LogP contribution in [0.3, 0.4) is 0 Å². The van der Waals surface area contributed by atoms with Crippen LogP contribution >= 0.6 is 0 Å². The zero-order valence-electron chi connectivity index (χ0n) is 16.4. The maximum absolute atomic E-state index is 9.87. The van der Waals surface area contributed by atoms with E-state index >= 15 is 0 Å². The summed E-state index contributed by atoms with van der Waals surface area (Å²) < 4.78 is 0. The molecule has 2 aromatic carbocycles. The van der Waals surface area contributed by atoms with Gasteiger partial charge in [0, 0.05) is 30.4 Å². The molecule has 0 aliphatic carbocycles. The monoisotopic (exact) mass is 405 g/mol. The molecule has 0 unspecified atom stereocenters. The lowest BCUT2D eigenvalue weighted by molar-refractivity contribution is 0.450. The van der Waals surface area contributed by atoms with Crippen molar-refractivity contribution >= 4 is 29.7 Å². The van der Waals surface area contributed by atoms with Gasteiger partial charge in [-0.2, -0.15) is 20.1 Å². The predicted octanol–water partition coefficient (Wildman–Crippen LogP) is 3.46. The molecule has 4 N–H and O–H groups in total. The first kappa shape index (κ1) is 19.4. The van der Waals surface area contributed by atoms with Crippen LogP contribution in [0.2, 0.25) is 0 Å². The normalized spacial score (nSPS) is 14.1. The van der Waals surface area contributed by atoms with Gasteiger partial charge in [0.25, 0.3) is 0 Å². The maximum Gasteiger partial charge on any atom is 0.250 e. The Hall–Kier alpha value is -3.88. The van der Waals surface area contributed by atoms with E-state index in [4.69, 9.17) is 0 Å². The van der Waals surface area contributed by atoms with Gasteiger partial charge in [-0.15, -0.1) is 0 Å². The SMILES string of the molecule is Oc1ccc(/C=N/Nc2nc(Nc3ccccc3)nc(N3CCCCC3)n2)c(O)c1. The van der Waals surface area contributed by atoms with Crippen LogP contribution in [0.4, 0.5) is 23.5 Å². The van der Waals surface area contributed by atoms with Crippen LogP contribution in [0, 0.1) is 0 Å². The molecule has 1 aliphatic heterocycles. The van der Waals surface area contributed by atoms with Gasteiger partial charge >= 0.3 is 0 Å². The number of nitrogens with one attached hydrogen (secondary N) is 2. The van der Waals surface area contributed by atoms with Crippen LogP contribution in [0.25, 0.3) is 0 Å². The number of rotatable bonds is 6. The van der Waals surface area contributed by atoms with Gasteiger partial charge < -0.3 is 20.4 Å². The number of para-hydroxylation sites is 1. The van der Waals surface area contributed by atoms with Crippen molar-refractivity contribution in [3.8, 4) is 11.5 Å². The number of hydrogen-bond acceptors (Lipinski definition) is 9. The van der Waals surface area contributed by atoms with Crippen LogP contribution in [0.15, 0.2) is 53.6 Å². The van der Waals surface area contributed by atoms with Crippen molar-refractivity contribution in [1.29, 1.82) is 0 Å². The van der Waals surface area contributed by atoms with Crippen molar-refractivity contribution in [2.45, 2.75) is 19.3 Å². The fourth-order valence-electron chi connectivity index (χ4n) is 3.16. The van der Waals surface area contributed by atoms with Crippen LogP contribution in [0.5, 0.6) is 11.5 Å². The number of anilines is 4. The Balaban J connectivity index is 1.57. The first-order valence-electron chi connectivity index (χ1n) is 9.81. The summed E-state index contributed by atoms with van der Waals surface area (Å²) >= 11 is 0.